The predicted molar refractivity (Wildman–Crippen MR) is 94.8 cm³/mol. The Morgan fingerprint density at radius 2 is 2.04 bits per heavy atom. The largest absolute Gasteiger partial charge is 0.486 e. The van der Waals surface area contributed by atoms with Gasteiger partial charge in [0, 0.05) is 24.0 Å². The highest BCUT2D eigenvalue weighted by atomic mass is 16.5. The number of methoxy groups -OCH3 is 1. The summed E-state index contributed by atoms with van der Waals surface area (Å²) in [7, 11) is 1.49. The van der Waals surface area contributed by atoms with Crippen LogP contribution < -0.4 is 15.0 Å². The second-order valence-corrected chi connectivity index (χ2v) is 6.78. The minimum absolute atomic E-state index is 0.0187. The molecule has 0 spiro atoms. The Kier molecular flexibility index (Phi) is 4.14. The van der Waals surface area contributed by atoms with Crippen molar-refractivity contribution in [2.45, 2.75) is 31.9 Å². The maximum atomic E-state index is 12.5. The fourth-order valence-electron chi connectivity index (χ4n) is 3.31. The number of aryl methyl sites for hydroxylation is 1. The van der Waals surface area contributed by atoms with Crippen molar-refractivity contribution in [2.75, 3.05) is 20.2 Å². The van der Waals surface area contributed by atoms with Gasteiger partial charge in [-0.05, 0) is 38.0 Å². The van der Waals surface area contributed by atoms with Gasteiger partial charge in [-0.25, -0.2) is 4.98 Å². The van der Waals surface area contributed by atoms with Crippen LogP contribution in [0.3, 0.4) is 0 Å². The summed E-state index contributed by atoms with van der Waals surface area (Å²) in [5, 5.41) is 0. The van der Waals surface area contributed by atoms with Crippen LogP contribution in [0.25, 0.3) is 0 Å². The molecule has 136 valence electrons. The molecule has 1 aliphatic carbocycles. The Balaban J connectivity index is 1.39. The fourth-order valence-corrected chi connectivity index (χ4v) is 3.31. The van der Waals surface area contributed by atoms with Crippen LogP contribution in [0.1, 0.15) is 34.9 Å². The molecular formula is C19H21N3O4. The third-order valence-electron chi connectivity index (χ3n) is 4.78. The second-order valence-electron chi connectivity index (χ2n) is 6.78. The summed E-state index contributed by atoms with van der Waals surface area (Å²) < 4.78 is 12.9. The second kappa shape index (κ2) is 6.48. The molecule has 26 heavy (non-hydrogen) atoms. The van der Waals surface area contributed by atoms with Crippen molar-refractivity contribution in [1.82, 2.24) is 14.5 Å². The van der Waals surface area contributed by atoms with Gasteiger partial charge in [-0.1, -0.05) is 0 Å². The number of carbonyl (C=O) groups is 1. The average molecular weight is 355 g/mol. The molecule has 2 aliphatic rings. The normalized spacial score (nSPS) is 16.9. The van der Waals surface area contributed by atoms with Crippen LogP contribution in [-0.2, 0) is 0 Å². The summed E-state index contributed by atoms with van der Waals surface area (Å²) in [6.07, 6.45) is 3.61. The zero-order valence-corrected chi connectivity index (χ0v) is 14.8. The first-order chi connectivity index (χ1) is 12.6. The van der Waals surface area contributed by atoms with Crippen LogP contribution in [0, 0.1) is 6.92 Å². The number of carbonyl (C=O) groups excluding carboxylic acids is 1. The Morgan fingerprint density at radius 3 is 2.69 bits per heavy atom. The van der Waals surface area contributed by atoms with Crippen molar-refractivity contribution < 1.29 is 14.3 Å². The fraction of sp³-hybridized carbons (Fsp3) is 0.421. The minimum Gasteiger partial charge on any atom is -0.486 e. The van der Waals surface area contributed by atoms with E-state index in [4.69, 9.17) is 9.47 Å². The lowest BCUT2D eigenvalue weighted by atomic mass is 10.1. The number of hydrogen-bond acceptors (Lipinski definition) is 5. The van der Waals surface area contributed by atoms with Crippen molar-refractivity contribution >= 4 is 5.91 Å². The molecule has 0 N–H and O–H groups in total. The SMILES string of the molecule is COc1ncccc1C(=O)N1CC(Oc2cc(C)n(C3CC3)c(=O)c2)C1. The first kappa shape index (κ1) is 16.6. The van der Waals surface area contributed by atoms with Crippen LogP contribution in [0.4, 0.5) is 0 Å². The summed E-state index contributed by atoms with van der Waals surface area (Å²) in [5.41, 5.74) is 1.34. The zero-order valence-electron chi connectivity index (χ0n) is 14.8. The highest BCUT2D eigenvalue weighted by molar-refractivity contribution is 5.96. The predicted octanol–water partition coefficient (Wildman–Crippen LogP) is 1.80. The molecule has 7 heteroatoms. The lowest BCUT2D eigenvalue weighted by molar-refractivity contribution is 0.0174. The number of rotatable bonds is 5. The Bertz CT molecular complexity index is 898. The topological polar surface area (TPSA) is 73.7 Å². The van der Waals surface area contributed by atoms with Gasteiger partial charge in [-0.3, -0.25) is 9.59 Å². The highest BCUT2D eigenvalue weighted by Crippen LogP contribution is 2.35. The average Bonchev–Trinajstić information content (AvgIpc) is 3.41. The lowest BCUT2D eigenvalue weighted by Crippen LogP contribution is -2.56. The monoisotopic (exact) mass is 355 g/mol. The van der Waals surface area contributed by atoms with Crippen molar-refractivity contribution in [3.63, 3.8) is 0 Å². The van der Waals surface area contributed by atoms with E-state index < -0.39 is 0 Å². The van der Waals surface area contributed by atoms with Crippen LogP contribution in [0.15, 0.2) is 35.3 Å². The molecule has 2 aromatic heterocycles. The molecule has 2 fully saturated rings. The summed E-state index contributed by atoms with van der Waals surface area (Å²) in [5.74, 6) is 0.761. The molecule has 3 heterocycles. The Morgan fingerprint density at radius 1 is 1.27 bits per heavy atom. The van der Waals surface area contributed by atoms with Crippen LogP contribution in [0.2, 0.25) is 0 Å². The summed E-state index contributed by atoms with van der Waals surface area (Å²) in [6.45, 7) is 2.88. The summed E-state index contributed by atoms with van der Waals surface area (Å²) in [4.78, 5) is 30.5. The number of pyridine rings is 2. The third kappa shape index (κ3) is 3.05. The van der Waals surface area contributed by atoms with Crippen molar-refractivity contribution in [1.29, 1.82) is 0 Å². The third-order valence-corrected chi connectivity index (χ3v) is 4.78. The number of ether oxygens (including phenoxy) is 2. The first-order valence-electron chi connectivity index (χ1n) is 8.75. The highest BCUT2D eigenvalue weighted by Gasteiger charge is 2.34. The van der Waals surface area contributed by atoms with Gasteiger partial charge in [0.25, 0.3) is 11.5 Å². The molecule has 7 nitrogen and oxygen atoms in total. The van der Waals surface area contributed by atoms with E-state index in [2.05, 4.69) is 4.98 Å². The Labute approximate surface area is 151 Å². The van der Waals surface area contributed by atoms with Crippen LogP contribution in [-0.4, -0.2) is 46.7 Å². The lowest BCUT2D eigenvalue weighted by Gasteiger charge is -2.39. The zero-order chi connectivity index (χ0) is 18.3. The van der Waals surface area contributed by atoms with Crippen LogP contribution >= 0.6 is 0 Å². The molecule has 0 bridgehead atoms. The number of aromatic nitrogens is 2. The minimum atomic E-state index is -0.130. The number of nitrogens with zero attached hydrogens (tertiary/aromatic N) is 3. The van der Waals surface area contributed by atoms with Gasteiger partial charge in [0.15, 0.2) is 0 Å². The molecule has 1 amide bonds. The quantitative estimate of drug-likeness (QED) is 0.818. The molecule has 1 aliphatic heterocycles. The summed E-state index contributed by atoms with van der Waals surface area (Å²) in [6, 6.07) is 7.20. The maximum absolute atomic E-state index is 12.5. The molecular weight excluding hydrogens is 334 g/mol. The van der Waals surface area contributed by atoms with Gasteiger partial charge in [-0.15, -0.1) is 0 Å². The number of hydrogen-bond donors (Lipinski definition) is 0. The smallest absolute Gasteiger partial charge is 0.259 e. The molecule has 1 saturated carbocycles. The number of amides is 1. The van der Waals surface area contributed by atoms with Crippen molar-refractivity contribution in [3.8, 4) is 11.6 Å². The maximum Gasteiger partial charge on any atom is 0.259 e. The van der Waals surface area contributed by atoms with Crippen LogP contribution in [0.5, 0.6) is 11.6 Å². The van der Waals surface area contributed by atoms with Gasteiger partial charge in [0.2, 0.25) is 5.88 Å². The molecule has 0 radical (unpaired) electrons. The molecule has 0 unspecified atom stereocenters. The number of likely N-dealkylation sites (tertiary alicyclic amines) is 1. The molecule has 0 atom stereocenters. The standard InChI is InChI=1S/C19H21N3O4/c1-12-8-14(9-17(23)22(12)13-5-6-13)26-15-10-21(11-15)19(24)16-4-3-7-20-18(16)25-2/h3-4,7-9,13,15H,5-6,10-11H2,1-2H3. The van der Waals surface area contributed by atoms with E-state index >= 15 is 0 Å². The van der Waals surface area contributed by atoms with Gasteiger partial charge >= 0.3 is 0 Å². The van der Waals surface area contributed by atoms with E-state index in [0.717, 1.165) is 18.5 Å². The van der Waals surface area contributed by atoms with E-state index in [1.165, 1.54) is 7.11 Å². The van der Waals surface area contributed by atoms with Gasteiger partial charge in [-0.2, -0.15) is 0 Å². The van der Waals surface area contributed by atoms with Gasteiger partial charge < -0.3 is 18.9 Å². The summed E-state index contributed by atoms with van der Waals surface area (Å²) >= 11 is 0. The van der Waals surface area contributed by atoms with Crippen molar-refractivity contribution in [3.05, 3.63) is 52.1 Å². The molecule has 2 aromatic rings. The van der Waals surface area contributed by atoms with E-state index in [0.29, 0.717) is 36.3 Å². The van der Waals surface area contributed by atoms with Gasteiger partial charge in [0.1, 0.15) is 17.4 Å². The Hall–Kier alpha value is -2.83. The molecule has 0 aromatic carbocycles. The van der Waals surface area contributed by atoms with E-state index in [-0.39, 0.29) is 17.6 Å². The molecule has 1 saturated heterocycles. The first-order valence-corrected chi connectivity index (χ1v) is 8.75. The van der Waals surface area contributed by atoms with Gasteiger partial charge in [0.05, 0.1) is 20.2 Å². The van der Waals surface area contributed by atoms with Crippen molar-refractivity contribution in [2.24, 2.45) is 0 Å². The van der Waals surface area contributed by atoms with E-state index in [1.807, 2.05) is 17.6 Å². The van der Waals surface area contributed by atoms with E-state index in [1.54, 1.807) is 29.3 Å². The van der Waals surface area contributed by atoms with E-state index in [9.17, 15) is 9.59 Å². The molecule has 4 rings (SSSR count).